The fourth-order valence-electron chi connectivity index (χ4n) is 0.687. The van der Waals surface area contributed by atoms with E-state index in [1.54, 1.807) is 18.7 Å². The highest BCUT2D eigenvalue weighted by molar-refractivity contribution is 8.00. The van der Waals surface area contributed by atoms with E-state index in [0.717, 1.165) is 12.3 Å². The lowest BCUT2D eigenvalue weighted by atomic mass is 10.4. The zero-order valence-electron chi connectivity index (χ0n) is 5.22. The summed E-state index contributed by atoms with van der Waals surface area (Å²) in [5.41, 5.74) is 0. The normalized spacial score (nSPS) is 25.2. The van der Waals surface area contributed by atoms with Gasteiger partial charge in [0.2, 0.25) is 0 Å². The molecule has 1 fully saturated rings. The van der Waals surface area contributed by atoms with Crippen LogP contribution in [0.2, 0.25) is 0 Å². The van der Waals surface area contributed by atoms with Crippen molar-refractivity contribution >= 4 is 30.0 Å². The van der Waals surface area contributed by atoms with Crippen molar-refractivity contribution < 1.29 is 4.79 Å². The molecule has 0 aromatic carbocycles. The topological polar surface area (TPSA) is 29.1 Å². The van der Waals surface area contributed by atoms with Crippen LogP contribution in [0.5, 0.6) is 0 Å². The van der Waals surface area contributed by atoms with Crippen molar-refractivity contribution in [2.24, 2.45) is 0 Å². The van der Waals surface area contributed by atoms with Gasteiger partial charge in [-0.05, 0) is 6.92 Å². The summed E-state index contributed by atoms with van der Waals surface area (Å²) in [4.78, 5) is 10.6. The summed E-state index contributed by atoms with van der Waals surface area (Å²) in [5.74, 6) is 1.32. The van der Waals surface area contributed by atoms with Gasteiger partial charge in [-0.3, -0.25) is 10.1 Å². The van der Waals surface area contributed by atoms with Crippen molar-refractivity contribution in [2.75, 3.05) is 12.3 Å². The van der Waals surface area contributed by atoms with Gasteiger partial charge >= 0.3 is 0 Å². The molecule has 0 amide bonds. The second-order valence-electron chi connectivity index (χ2n) is 1.82. The van der Waals surface area contributed by atoms with Crippen LogP contribution >= 0.6 is 24.2 Å². The zero-order valence-corrected chi connectivity index (χ0v) is 6.85. The van der Waals surface area contributed by atoms with E-state index < -0.39 is 0 Å². The number of nitrogens with one attached hydrogen (secondary N) is 1. The monoisotopic (exact) mass is 167 g/mol. The van der Waals surface area contributed by atoms with Gasteiger partial charge in [0.1, 0.15) is 5.37 Å². The zero-order chi connectivity index (χ0) is 5.98. The molecule has 54 valence electrons. The van der Waals surface area contributed by atoms with Gasteiger partial charge < -0.3 is 0 Å². The first-order valence-corrected chi connectivity index (χ1v) is 3.71. The van der Waals surface area contributed by atoms with Crippen LogP contribution in [0.25, 0.3) is 0 Å². The van der Waals surface area contributed by atoms with E-state index in [9.17, 15) is 4.79 Å². The molecule has 1 aliphatic rings. The molecular formula is C5H10ClNOS. The number of Topliss-reactive ketones (excluding diaryl/α,β-unsaturated/α-hetero) is 1. The summed E-state index contributed by atoms with van der Waals surface area (Å²) in [6, 6.07) is 0. The largest absolute Gasteiger partial charge is 0.298 e. The fraction of sp³-hybridized carbons (Fsp3) is 0.800. The summed E-state index contributed by atoms with van der Waals surface area (Å²) in [6.07, 6.45) is 0. The number of rotatable bonds is 1. The molecule has 4 heteroatoms. The minimum absolute atomic E-state index is 0. The number of thioether (sulfide) groups is 1. The molecule has 0 aliphatic carbocycles. The Morgan fingerprint density at radius 3 is 2.67 bits per heavy atom. The third kappa shape index (κ3) is 2.56. The van der Waals surface area contributed by atoms with E-state index in [-0.39, 0.29) is 23.6 Å². The Morgan fingerprint density at radius 2 is 2.44 bits per heavy atom. The van der Waals surface area contributed by atoms with Crippen LogP contribution < -0.4 is 5.32 Å². The van der Waals surface area contributed by atoms with Crippen LogP contribution in [-0.4, -0.2) is 23.5 Å². The van der Waals surface area contributed by atoms with Crippen molar-refractivity contribution in [1.29, 1.82) is 0 Å². The minimum Gasteiger partial charge on any atom is -0.298 e. The summed E-state index contributed by atoms with van der Waals surface area (Å²) in [7, 11) is 0. The molecule has 9 heavy (non-hydrogen) atoms. The van der Waals surface area contributed by atoms with Gasteiger partial charge in [0, 0.05) is 12.3 Å². The first kappa shape index (κ1) is 9.27. The minimum atomic E-state index is 0. The third-order valence-corrected chi connectivity index (χ3v) is 2.36. The van der Waals surface area contributed by atoms with E-state index in [1.807, 2.05) is 0 Å². The van der Waals surface area contributed by atoms with Gasteiger partial charge in [0.05, 0.1) is 0 Å². The molecular weight excluding hydrogens is 158 g/mol. The Bertz CT molecular complexity index is 103. The molecule has 1 atom stereocenters. The van der Waals surface area contributed by atoms with Crippen LogP contribution in [-0.2, 0) is 4.79 Å². The van der Waals surface area contributed by atoms with Crippen molar-refractivity contribution in [3.05, 3.63) is 0 Å². The van der Waals surface area contributed by atoms with E-state index in [1.165, 1.54) is 0 Å². The number of hydrogen-bond donors (Lipinski definition) is 1. The first-order chi connectivity index (χ1) is 3.80. The maximum Gasteiger partial charge on any atom is 0.156 e. The maximum absolute atomic E-state index is 10.6. The average Bonchev–Trinajstić information content (AvgIpc) is 2.12. The maximum atomic E-state index is 10.6. The second-order valence-corrected chi connectivity index (χ2v) is 3.03. The summed E-state index contributed by atoms with van der Waals surface area (Å²) in [6.45, 7) is 2.60. The van der Waals surface area contributed by atoms with E-state index in [0.29, 0.717) is 0 Å². The van der Waals surface area contributed by atoms with Crippen molar-refractivity contribution in [1.82, 2.24) is 5.32 Å². The Hall–Kier alpha value is 0.270. The number of carbonyl (C=O) groups is 1. The molecule has 0 bridgehead atoms. The fourth-order valence-corrected chi connectivity index (χ4v) is 1.63. The van der Waals surface area contributed by atoms with Crippen molar-refractivity contribution in [3.63, 3.8) is 0 Å². The Kier molecular flexibility index (Phi) is 4.27. The second kappa shape index (κ2) is 4.14. The standard InChI is InChI=1S/C5H9NOS.ClH/c1-4(7)5-6-2-3-8-5;/h5-6H,2-3H2,1H3;1H. The molecule has 0 aromatic heterocycles. The molecule has 0 radical (unpaired) electrons. The molecule has 1 N–H and O–H groups in total. The molecule has 1 rings (SSSR count). The number of ketones is 1. The molecule has 1 aliphatic heterocycles. The predicted molar refractivity (Wildman–Crippen MR) is 42.2 cm³/mol. The number of hydrogen-bond acceptors (Lipinski definition) is 3. The van der Waals surface area contributed by atoms with Crippen LogP contribution in [0.3, 0.4) is 0 Å². The Morgan fingerprint density at radius 1 is 1.78 bits per heavy atom. The molecule has 1 unspecified atom stereocenters. The van der Waals surface area contributed by atoms with Crippen LogP contribution in [0.4, 0.5) is 0 Å². The Labute approximate surface area is 65.2 Å². The predicted octanol–water partition coefficient (Wildman–Crippen LogP) is 0.660. The number of carbonyl (C=O) groups excluding carboxylic acids is 1. The summed E-state index contributed by atoms with van der Waals surface area (Å²) >= 11 is 1.69. The Balaban J connectivity index is 0.000000640. The van der Waals surface area contributed by atoms with Crippen LogP contribution in [0.1, 0.15) is 6.92 Å². The highest BCUT2D eigenvalue weighted by Crippen LogP contribution is 2.13. The SMILES string of the molecule is CC(=O)C1NCCS1.Cl. The molecule has 0 spiro atoms. The van der Waals surface area contributed by atoms with Gasteiger partial charge in [0.15, 0.2) is 5.78 Å². The van der Waals surface area contributed by atoms with E-state index >= 15 is 0 Å². The van der Waals surface area contributed by atoms with Gasteiger partial charge in [-0.1, -0.05) is 0 Å². The molecule has 1 saturated heterocycles. The van der Waals surface area contributed by atoms with E-state index in [4.69, 9.17) is 0 Å². The summed E-state index contributed by atoms with van der Waals surface area (Å²) < 4.78 is 0. The molecule has 0 saturated carbocycles. The van der Waals surface area contributed by atoms with Gasteiger partial charge in [-0.15, -0.1) is 24.2 Å². The highest BCUT2D eigenvalue weighted by Gasteiger charge is 2.17. The number of halogens is 1. The van der Waals surface area contributed by atoms with E-state index in [2.05, 4.69) is 5.32 Å². The lowest BCUT2D eigenvalue weighted by molar-refractivity contribution is -0.116. The van der Waals surface area contributed by atoms with Crippen LogP contribution in [0, 0.1) is 0 Å². The van der Waals surface area contributed by atoms with Crippen molar-refractivity contribution in [2.45, 2.75) is 12.3 Å². The van der Waals surface area contributed by atoms with Gasteiger partial charge in [-0.25, -0.2) is 0 Å². The molecule has 2 nitrogen and oxygen atoms in total. The summed E-state index contributed by atoms with van der Waals surface area (Å²) in [5, 5.41) is 3.16. The molecule has 1 heterocycles. The third-order valence-electron chi connectivity index (χ3n) is 1.09. The molecule has 0 aromatic rings. The quantitative estimate of drug-likeness (QED) is 0.622. The lowest BCUT2D eigenvalue weighted by Gasteiger charge is -2.00. The smallest absolute Gasteiger partial charge is 0.156 e. The lowest BCUT2D eigenvalue weighted by Crippen LogP contribution is -2.26. The van der Waals surface area contributed by atoms with Crippen LogP contribution in [0.15, 0.2) is 0 Å². The first-order valence-electron chi connectivity index (χ1n) is 2.66. The van der Waals surface area contributed by atoms with Gasteiger partial charge in [0.25, 0.3) is 0 Å². The average molecular weight is 168 g/mol. The van der Waals surface area contributed by atoms with Gasteiger partial charge in [-0.2, -0.15) is 0 Å². The van der Waals surface area contributed by atoms with Crippen molar-refractivity contribution in [3.8, 4) is 0 Å². The highest BCUT2D eigenvalue weighted by atomic mass is 35.5.